The zero-order valence-corrected chi connectivity index (χ0v) is 17.1. The van der Waals surface area contributed by atoms with Gasteiger partial charge in [-0.3, -0.25) is 0 Å². The molecule has 0 aromatic heterocycles. The molecular formula is C28H23N3. The van der Waals surface area contributed by atoms with Crippen molar-refractivity contribution in [2.45, 2.75) is 6.54 Å². The van der Waals surface area contributed by atoms with E-state index in [2.05, 4.69) is 46.3 Å². The summed E-state index contributed by atoms with van der Waals surface area (Å²) in [5, 5.41) is 4.64. The van der Waals surface area contributed by atoms with Gasteiger partial charge in [0, 0.05) is 16.5 Å². The van der Waals surface area contributed by atoms with Gasteiger partial charge in [0.15, 0.2) is 0 Å². The number of aliphatic imine (C=N–C) groups is 2. The normalized spacial score (nSPS) is 10.1. The lowest BCUT2D eigenvalue weighted by Gasteiger charge is -1.99. The number of anilines is 1. The first kappa shape index (κ1) is 20.1. The van der Waals surface area contributed by atoms with Gasteiger partial charge in [-0.1, -0.05) is 103 Å². The van der Waals surface area contributed by atoms with E-state index >= 15 is 0 Å². The average molecular weight is 402 g/mol. The van der Waals surface area contributed by atoms with Gasteiger partial charge >= 0.3 is 0 Å². The van der Waals surface area contributed by atoms with Crippen LogP contribution >= 0.6 is 0 Å². The Morgan fingerprint density at radius 1 is 0.581 bits per heavy atom. The third kappa shape index (κ3) is 5.24. The zero-order chi connectivity index (χ0) is 21.3. The molecule has 3 nitrogen and oxygen atoms in total. The summed E-state index contributed by atoms with van der Waals surface area (Å²) in [6.45, 7) is 0.606. The molecule has 5 aromatic carbocycles. The van der Waals surface area contributed by atoms with E-state index in [9.17, 15) is 0 Å². The molecule has 0 aliphatic heterocycles. The molecule has 0 bridgehead atoms. The number of hydrogen-bond donors (Lipinski definition) is 1. The SMILES string of the molecule is C(=NCc1ccccc1)=Nc1cccc2ccccc12.Nc1cccc2ccccc12. The van der Waals surface area contributed by atoms with Crippen molar-refractivity contribution in [1.29, 1.82) is 0 Å². The van der Waals surface area contributed by atoms with Crippen LogP contribution in [0.1, 0.15) is 5.56 Å². The van der Waals surface area contributed by atoms with Crippen molar-refractivity contribution in [1.82, 2.24) is 0 Å². The van der Waals surface area contributed by atoms with Crippen LogP contribution in [0.25, 0.3) is 21.5 Å². The summed E-state index contributed by atoms with van der Waals surface area (Å²) in [7, 11) is 0. The predicted octanol–water partition coefficient (Wildman–Crippen LogP) is 7.27. The van der Waals surface area contributed by atoms with Crippen molar-refractivity contribution in [3.8, 4) is 0 Å². The molecule has 150 valence electrons. The predicted molar refractivity (Wildman–Crippen MR) is 132 cm³/mol. The summed E-state index contributed by atoms with van der Waals surface area (Å²) in [6.07, 6.45) is 0. The first-order valence-electron chi connectivity index (χ1n) is 10.2. The van der Waals surface area contributed by atoms with Crippen molar-refractivity contribution in [2.75, 3.05) is 5.73 Å². The molecule has 0 atom stereocenters. The molecule has 3 heteroatoms. The Hall–Kier alpha value is -4.20. The van der Waals surface area contributed by atoms with Crippen LogP contribution in [-0.2, 0) is 6.54 Å². The number of hydrogen-bond acceptors (Lipinski definition) is 3. The van der Waals surface area contributed by atoms with E-state index in [1.165, 1.54) is 10.8 Å². The topological polar surface area (TPSA) is 50.7 Å². The van der Waals surface area contributed by atoms with E-state index < -0.39 is 0 Å². The monoisotopic (exact) mass is 401 g/mol. The Kier molecular flexibility index (Phi) is 6.49. The highest BCUT2D eigenvalue weighted by molar-refractivity contribution is 5.93. The Balaban J connectivity index is 0.000000177. The molecule has 0 spiro atoms. The van der Waals surface area contributed by atoms with E-state index in [0.717, 1.165) is 27.7 Å². The number of nitrogens with zero attached hydrogens (tertiary/aromatic N) is 2. The van der Waals surface area contributed by atoms with Gasteiger partial charge in [0.2, 0.25) is 0 Å². The second-order valence-corrected chi connectivity index (χ2v) is 7.08. The molecule has 0 heterocycles. The summed E-state index contributed by atoms with van der Waals surface area (Å²) in [6, 6.07) is 41.2. The maximum absolute atomic E-state index is 5.76. The smallest absolute Gasteiger partial charge is 0.0952 e. The van der Waals surface area contributed by atoms with E-state index in [-0.39, 0.29) is 0 Å². The number of fused-ring (bicyclic) bond motifs is 2. The molecule has 0 aliphatic rings. The van der Waals surface area contributed by atoms with Gasteiger partial charge in [-0.15, -0.1) is 0 Å². The molecule has 0 unspecified atom stereocenters. The van der Waals surface area contributed by atoms with Crippen LogP contribution < -0.4 is 5.73 Å². The van der Waals surface area contributed by atoms with Crippen LogP contribution in [0.2, 0.25) is 0 Å². The van der Waals surface area contributed by atoms with Gasteiger partial charge in [-0.05, 0) is 28.5 Å². The molecule has 5 rings (SSSR count). The van der Waals surface area contributed by atoms with Gasteiger partial charge in [0.1, 0.15) is 0 Å². The van der Waals surface area contributed by atoms with Crippen LogP contribution in [0.15, 0.2) is 125 Å². The van der Waals surface area contributed by atoms with E-state index in [4.69, 9.17) is 5.73 Å². The molecular weight excluding hydrogens is 378 g/mol. The van der Waals surface area contributed by atoms with Crippen molar-refractivity contribution in [2.24, 2.45) is 9.98 Å². The van der Waals surface area contributed by atoms with Crippen LogP contribution in [0.3, 0.4) is 0 Å². The molecule has 0 fully saturated rings. The Morgan fingerprint density at radius 3 is 1.90 bits per heavy atom. The highest BCUT2D eigenvalue weighted by Crippen LogP contribution is 2.24. The van der Waals surface area contributed by atoms with Crippen molar-refractivity contribution < 1.29 is 0 Å². The Labute approximate surface area is 182 Å². The van der Waals surface area contributed by atoms with Gasteiger partial charge in [0.05, 0.1) is 18.2 Å². The molecule has 5 aromatic rings. The minimum absolute atomic E-state index is 0.606. The van der Waals surface area contributed by atoms with E-state index in [0.29, 0.717) is 6.54 Å². The molecule has 31 heavy (non-hydrogen) atoms. The van der Waals surface area contributed by atoms with Crippen LogP contribution in [-0.4, -0.2) is 6.01 Å². The largest absolute Gasteiger partial charge is 0.398 e. The third-order valence-electron chi connectivity index (χ3n) is 4.94. The van der Waals surface area contributed by atoms with Crippen LogP contribution in [0, 0.1) is 0 Å². The quantitative estimate of drug-likeness (QED) is 0.251. The minimum atomic E-state index is 0.606. The maximum atomic E-state index is 5.76. The van der Waals surface area contributed by atoms with Crippen LogP contribution in [0.5, 0.6) is 0 Å². The summed E-state index contributed by atoms with van der Waals surface area (Å²) < 4.78 is 0. The number of benzene rings is 5. The second kappa shape index (κ2) is 10.0. The summed E-state index contributed by atoms with van der Waals surface area (Å²) in [4.78, 5) is 8.56. The lowest BCUT2D eigenvalue weighted by atomic mass is 10.1. The standard InChI is InChI=1S/C18H14N2.C10H9N/c1-2-7-15(8-3-1)13-19-14-20-18-12-6-10-16-9-4-5-11-17(16)18;11-10-7-3-5-8-4-1-2-6-9(8)10/h1-12H,13H2;1-7H,11H2. The second-order valence-electron chi connectivity index (χ2n) is 7.08. The molecule has 0 amide bonds. The molecule has 0 saturated heterocycles. The maximum Gasteiger partial charge on any atom is 0.0952 e. The molecule has 0 radical (unpaired) electrons. The van der Waals surface area contributed by atoms with Gasteiger partial charge in [-0.2, -0.15) is 4.99 Å². The first-order chi connectivity index (χ1) is 15.3. The average Bonchev–Trinajstić information content (AvgIpc) is 2.83. The summed E-state index contributed by atoms with van der Waals surface area (Å²) >= 11 is 0. The Bertz CT molecular complexity index is 1340. The summed E-state index contributed by atoms with van der Waals surface area (Å²) in [5.74, 6) is 0. The third-order valence-corrected chi connectivity index (χ3v) is 4.94. The van der Waals surface area contributed by atoms with Crippen molar-refractivity contribution in [3.05, 3.63) is 121 Å². The highest BCUT2D eigenvalue weighted by atomic mass is 14.8. The Morgan fingerprint density at radius 2 is 1.16 bits per heavy atom. The lowest BCUT2D eigenvalue weighted by Crippen LogP contribution is -1.84. The fourth-order valence-electron chi connectivity index (χ4n) is 3.36. The van der Waals surface area contributed by atoms with Gasteiger partial charge < -0.3 is 5.73 Å². The molecule has 2 N–H and O–H groups in total. The number of nitrogens with two attached hydrogens (primary N) is 1. The number of rotatable bonds is 3. The minimum Gasteiger partial charge on any atom is -0.398 e. The van der Waals surface area contributed by atoms with Crippen molar-refractivity contribution >= 4 is 38.9 Å². The summed E-state index contributed by atoms with van der Waals surface area (Å²) in [5.41, 5.74) is 8.67. The number of nitrogen functional groups attached to an aromatic ring is 1. The van der Waals surface area contributed by atoms with Gasteiger partial charge in [0.25, 0.3) is 0 Å². The molecule has 0 saturated carbocycles. The highest BCUT2D eigenvalue weighted by Gasteiger charge is 1.96. The first-order valence-corrected chi connectivity index (χ1v) is 10.2. The molecule has 0 aliphatic carbocycles. The fourth-order valence-corrected chi connectivity index (χ4v) is 3.36. The van der Waals surface area contributed by atoms with Crippen molar-refractivity contribution in [3.63, 3.8) is 0 Å². The lowest BCUT2D eigenvalue weighted by molar-refractivity contribution is 1.08. The van der Waals surface area contributed by atoms with E-state index in [1.807, 2.05) is 84.9 Å². The van der Waals surface area contributed by atoms with Crippen LogP contribution in [0.4, 0.5) is 11.4 Å². The zero-order valence-electron chi connectivity index (χ0n) is 17.1. The van der Waals surface area contributed by atoms with Gasteiger partial charge in [-0.25, -0.2) is 4.99 Å². The fraction of sp³-hybridized carbons (Fsp3) is 0.0357. The van der Waals surface area contributed by atoms with E-state index in [1.54, 1.807) is 0 Å².